The normalized spacial score (nSPS) is 11.1. The first-order valence-corrected chi connectivity index (χ1v) is 8.27. The third-order valence-electron chi connectivity index (χ3n) is 3.33. The molecule has 0 aromatic carbocycles. The number of carbonyl (C=O) groups excluding carboxylic acids is 1. The maximum atomic E-state index is 10.2. The molecule has 0 unspecified atom stereocenters. The summed E-state index contributed by atoms with van der Waals surface area (Å²) in [4.78, 5) is 10.2. The van der Waals surface area contributed by atoms with Gasteiger partial charge in [0.15, 0.2) is 0 Å². The molecule has 0 heterocycles. The summed E-state index contributed by atoms with van der Waals surface area (Å²) in [5, 5.41) is 10.2. The zero-order valence-corrected chi connectivity index (χ0v) is 19.3. The van der Waals surface area contributed by atoms with Gasteiger partial charge in [-0.15, -0.1) is 0 Å². The van der Waals surface area contributed by atoms with Crippen molar-refractivity contribution in [3.05, 3.63) is 24.3 Å². The van der Waals surface area contributed by atoms with Crippen molar-refractivity contribution < 1.29 is 37.6 Å². The Morgan fingerprint density at radius 3 is 1.90 bits per heavy atom. The molecule has 2 nitrogen and oxygen atoms in total. The summed E-state index contributed by atoms with van der Waals surface area (Å²) in [5.74, 6) is -0.921. The summed E-state index contributed by atoms with van der Waals surface area (Å²) in [5.41, 5.74) is 0. The van der Waals surface area contributed by atoms with Gasteiger partial charge in [0.05, 0.1) is 0 Å². The van der Waals surface area contributed by atoms with E-state index in [1.165, 1.54) is 38.5 Å². The van der Waals surface area contributed by atoms with Gasteiger partial charge in [0, 0.05) is 33.6 Å². The van der Waals surface area contributed by atoms with Gasteiger partial charge in [-0.1, -0.05) is 63.3 Å². The maximum Gasteiger partial charge on any atom is 0.0414 e. The van der Waals surface area contributed by atoms with E-state index in [2.05, 4.69) is 31.2 Å². The second-order valence-electron chi connectivity index (χ2n) is 5.35. The van der Waals surface area contributed by atoms with E-state index in [0.29, 0.717) is 0 Å². The quantitative estimate of drug-likeness (QED) is 0.208. The number of carbonyl (C=O) groups is 1. The van der Waals surface area contributed by atoms with E-state index in [4.69, 9.17) is 0 Å². The molecule has 0 rings (SSSR count). The fourth-order valence-corrected chi connectivity index (χ4v) is 2.08. The fraction of sp³-hybridized carbons (Fsp3) is 0.722. The molecule has 3 heteroatoms. The van der Waals surface area contributed by atoms with Crippen molar-refractivity contribution in [2.75, 3.05) is 0 Å². The van der Waals surface area contributed by atoms with E-state index in [9.17, 15) is 9.90 Å². The molecular formula is C18H31HgO2-. The van der Waals surface area contributed by atoms with Crippen molar-refractivity contribution in [3.8, 4) is 0 Å². The Labute approximate surface area is 151 Å². The Balaban J connectivity index is 0. The molecule has 0 aliphatic rings. The van der Waals surface area contributed by atoms with Crippen LogP contribution in [-0.2, 0) is 32.5 Å². The van der Waals surface area contributed by atoms with Gasteiger partial charge >= 0.3 is 0 Å². The molecule has 0 bridgehead atoms. The Morgan fingerprint density at radius 2 is 1.33 bits per heavy atom. The molecule has 0 aliphatic carbocycles. The third-order valence-corrected chi connectivity index (χ3v) is 3.33. The van der Waals surface area contributed by atoms with Gasteiger partial charge in [-0.25, -0.2) is 0 Å². The first kappa shape index (κ1) is 23.2. The minimum atomic E-state index is -0.921. The van der Waals surface area contributed by atoms with E-state index < -0.39 is 5.97 Å². The van der Waals surface area contributed by atoms with Gasteiger partial charge in [-0.3, -0.25) is 0 Å². The van der Waals surface area contributed by atoms with Crippen LogP contribution in [0.2, 0.25) is 0 Å². The van der Waals surface area contributed by atoms with Gasteiger partial charge < -0.3 is 9.90 Å². The topological polar surface area (TPSA) is 40.1 Å². The van der Waals surface area contributed by atoms with Crippen LogP contribution in [0.25, 0.3) is 0 Å². The summed E-state index contributed by atoms with van der Waals surface area (Å²) in [6, 6.07) is 0. The average Bonchev–Trinajstić information content (AvgIpc) is 2.43. The van der Waals surface area contributed by atoms with Crippen LogP contribution in [0.1, 0.15) is 84.0 Å². The van der Waals surface area contributed by atoms with Gasteiger partial charge in [0.1, 0.15) is 0 Å². The number of rotatable bonds is 14. The second-order valence-corrected chi connectivity index (χ2v) is 5.35. The number of hydrogen-bond acceptors (Lipinski definition) is 2. The molecule has 0 radical (unpaired) electrons. The van der Waals surface area contributed by atoms with Gasteiger partial charge in [0.25, 0.3) is 0 Å². The summed E-state index contributed by atoms with van der Waals surface area (Å²) >= 11 is 0. The predicted molar refractivity (Wildman–Crippen MR) is 84.4 cm³/mol. The first-order valence-electron chi connectivity index (χ1n) is 8.27. The van der Waals surface area contributed by atoms with Crippen LogP contribution in [0, 0.1) is 0 Å². The number of aliphatic carboxylic acids is 1. The largest absolute Gasteiger partial charge is 0.550 e. The zero-order chi connectivity index (χ0) is 14.9. The van der Waals surface area contributed by atoms with Crippen molar-refractivity contribution in [2.45, 2.75) is 84.0 Å². The van der Waals surface area contributed by atoms with E-state index in [1.807, 2.05) is 0 Å². The Bertz CT molecular complexity index is 272. The summed E-state index contributed by atoms with van der Waals surface area (Å²) < 4.78 is 0. The molecule has 0 spiro atoms. The monoisotopic (exact) mass is 481 g/mol. The molecule has 0 atom stereocenters. The standard InChI is InChI=1S/C18H32O2.Hg/c1-2-3-4-5-6-7-8-9-10-11-12-13-14-15-16-17-18(19)20;/h6-7,9-10H,2-5,8,11-17H2,1H3,(H,19,20);/p-1/b7-6+,10-9+;. The zero-order valence-electron chi connectivity index (χ0n) is 13.8. The van der Waals surface area contributed by atoms with E-state index >= 15 is 0 Å². The Kier molecular flexibility index (Phi) is 21.9. The van der Waals surface area contributed by atoms with Gasteiger partial charge in [0.2, 0.25) is 0 Å². The van der Waals surface area contributed by atoms with E-state index in [0.717, 1.165) is 32.1 Å². The number of unbranched alkanes of at least 4 members (excludes halogenated alkanes) is 8. The molecule has 21 heavy (non-hydrogen) atoms. The van der Waals surface area contributed by atoms with Crippen LogP contribution in [0.15, 0.2) is 24.3 Å². The number of hydrogen-bond donors (Lipinski definition) is 0. The number of carboxylic acid groups (broad SMARTS) is 1. The van der Waals surface area contributed by atoms with Crippen LogP contribution in [0.5, 0.6) is 0 Å². The Hall–Kier alpha value is -0.115. The van der Waals surface area contributed by atoms with E-state index in [1.54, 1.807) is 0 Å². The van der Waals surface area contributed by atoms with Crippen LogP contribution < -0.4 is 5.11 Å². The minimum Gasteiger partial charge on any atom is -0.550 e. The van der Waals surface area contributed by atoms with Crippen LogP contribution in [0.3, 0.4) is 0 Å². The van der Waals surface area contributed by atoms with Crippen LogP contribution in [-0.4, -0.2) is 5.97 Å². The van der Waals surface area contributed by atoms with Crippen LogP contribution >= 0.6 is 0 Å². The third kappa shape index (κ3) is 22.3. The first-order chi connectivity index (χ1) is 9.77. The molecule has 0 fully saturated rings. The van der Waals surface area contributed by atoms with Gasteiger partial charge in [-0.05, 0) is 44.9 Å². The van der Waals surface area contributed by atoms with Crippen molar-refractivity contribution in [2.24, 2.45) is 0 Å². The minimum absolute atomic E-state index is 0. The maximum absolute atomic E-state index is 10.2. The van der Waals surface area contributed by atoms with Crippen molar-refractivity contribution in [3.63, 3.8) is 0 Å². The SMILES string of the molecule is CCCCC/C=C/C/C=C/CCCCCCCC(=O)[O-].[Hg]. The summed E-state index contributed by atoms with van der Waals surface area (Å²) in [7, 11) is 0. The number of carboxylic acids is 1. The van der Waals surface area contributed by atoms with Crippen molar-refractivity contribution in [1.29, 1.82) is 0 Å². The smallest absolute Gasteiger partial charge is 0.0414 e. The molecule has 0 saturated heterocycles. The van der Waals surface area contributed by atoms with Gasteiger partial charge in [-0.2, -0.15) is 0 Å². The number of allylic oxidation sites excluding steroid dienone is 4. The molecule has 0 N–H and O–H groups in total. The Morgan fingerprint density at radius 1 is 0.810 bits per heavy atom. The summed E-state index contributed by atoms with van der Waals surface area (Å²) in [6.07, 6.45) is 21.9. The molecular weight excluding hydrogens is 449 g/mol. The molecule has 0 saturated carbocycles. The molecule has 0 aromatic rings. The fourth-order valence-electron chi connectivity index (χ4n) is 2.08. The predicted octanol–water partition coefficient (Wildman–Crippen LogP) is 4.55. The van der Waals surface area contributed by atoms with Crippen LogP contribution in [0.4, 0.5) is 0 Å². The average molecular weight is 480 g/mol. The van der Waals surface area contributed by atoms with Crippen molar-refractivity contribution in [1.82, 2.24) is 0 Å². The van der Waals surface area contributed by atoms with E-state index in [-0.39, 0.29) is 34.1 Å². The summed E-state index contributed by atoms with van der Waals surface area (Å²) in [6.45, 7) is 2.23. The molecule has 118 valence electrons. The second kappa shape index (κ2) is 19.9. The molecule has 0 aromatic heterocycles. The molecule has 0 aliphatic heterocycles. The van der Waals surface area contributed by atoms with Crippen molar-refractivity contribution >= 4 is 5.97 Å². The molecule has 0 amide bonds.